The summed E-state index contributed by atoms with van der Waals surface area (Å²) in [5, 5.41) is 10.6. The lowest BCUT2D eigenvalue weighted by Gasteiger charge is -2.11. The fraction of sp³-hybridized carbons (Fsp3) is 0.111. The molecule has 7 heteroatoms. The zero-order valence-electron chi connectivity index (χ0n) is 13.1. The Labute approximate surface area is 153 Å². The molecule has 25 heavy (non-hydrogen) atoms. The molecule has 128 valence electrons. The van der Waals surface area contributed by atoms with Gasteiger partial charge in [-0.2, -0.15) is 0 Å². The van der Waals surface area contributed by atoms with Crippen molar-refractivity contribution < 1.29 is 19.4 Å². The Morgan fingerprint density at radius 2 is 1.76 bits per heavy atom. The monoisotopic (exact) mass is 377 g/mol. The number of fused-ring (bicyclic) bond motifs is 1. The lowest BCUT2D eigenvalue weighted by atomic mass is 10.2. The van der Waals surface area contributed by atoms with Crippen molar-refractivity contribution >= 4 is 40.1 Å². The summed E-state index contributed by atoms with van der Waals surface area (Å²) in [6.07, 6.45) is -0.935. The highest BCUT2D eigenvalue weighted by Gasteiger charge is 2.13. The number of ether oxygens (including phenoxy) is 2. The van der Waals surface area contributed by atoms with Gasteiger partial charge in [0, 0.05) is 10.4 Å². The Balaban J connectivity index is 1.80. The molecule has 1 aromatic heterocycles. The second-order valence-electron chi connectivity index (χ2n) is 5.28. The van der Waals surface area contributed by atoms with E-state index in [0.29, 0.717) is 27.1 Å². The largest absolute Gasteiger partial charge is 0.479 e. The molecule has 1 atom stereocenters. The van der Waals surface area contributed by atoms with Crippen LogP contribution in [-0.2, 0) is 4.79 Å². The number of hydrogen-bond donors (Lipinski definition) is 1. The summed E-state index contributed by atoms with van der Waals surface area (Å²) in [6.45, 7) is 1.46. The number of carboxylic acid groups (broad SMARTS) is 1. The van der Waals surface area contributed by atoms with Crippen molar-refractivity contribution in [2.75, 3.05) is 0 Å². The summed E-state index contributed by atoms with van der Waals surface area (Å²) in [4.78, 5) is 15.2. The number of pyridine rings is 1. The third-order valence-electron chi connectivity index (χ3n) is 3.40. The molecule has 0 aliphatic carbocycles. The Bertz CT molecular complexity index is 928. The van der Waals surface area contributed by atoms with Gasteiger partial charge in [-0.1, -0.05) is 23.2 Å². The highest BCUT2D eigenvalue weighted by molar-refractivity contribution is 6.33. The maximum absolute atomic E-state index is 10.8. The summed E-state index contributed by atoms with van der Waals surface area (Å²) >= 11 is 12.2. The lowest BCUT2D eigenvalue weighted by Crippen LogP contribution is -2.22. The third kappa shape index (κ3) is 4.13. The second kappa shape index (κ2) is 7.17. The molecular formula is C18H13Cl2NO4. The minimum absolute atomic E-state index is 0.268. The number of carboxylic acids is 1. The average Bonchev–Trinajstić information content (AvgIpc) is 2.57. The molecule has 0 amide bonds. The number of aromatic nitrogens is 1. The van der Waals surface area contributed by atoms with Crippen LogP contribution in [0.5, 0.6) is 17.4 Å². The van der Waals surface area contributed by atoms with Crippen molar-refractivity contribution in [1.82, 2.24) is 4.98 Å². The Morgan fingerprint density at radius 3 is 2.44 bits per heavy atom. The molecule has 3 rings (SSSR count). The molecule has 0 fully saturated rings. The summed E-state index contributed by atoms with van der Waals surface area (Å²) in [6, 6.07) is 13.6. The molecule has 1 heterocycles. The molecule has 1 unspecified atom stereocenters. The minimum atomic E-state index is -1.03. The van der Waals surface area contributed by atoms with E-state index in [1.54, 1.807) is 48.5 Å². The molecule has 0 saturated heterocycles. The Morgan fingerprint density at radius 1 is 1.08 bits per heavy atom. The SMILES string of the molecule is CC(Oc1ccc(Oc2nc3ccc(Cl)cc3cc2Cl)cc1)C(=O)O. The first-order chi connectivity index (χ1) is 11.9. The summed E-state index contributed by atoms with van der Waals surface area (Å²) in [5.74, 6) is 0.157. The van der Waals surface area contributed by atoms with E-state index in [2.05, 4.69) is 4.98 Å². The van der Waals surface area contributed by atoms with Crippen LogP contribution in [0.4, 0.5) is 0 Å². The van der Waals surface area contributed by atoms with Crippen LogP contribution in [0.1, 0.15) is 6.92 Å². The molecule has 0 aliphatic rings. The summed E-state index contributed by atoms with van der Waals surface area (Å²) in [7, 11) is 0. The van der Waals surface area contributed by atoms with Crippen LogP contribution in [0.25, 0.3) is 10.9 Å². The van der Waals surface area contributed by atoms with Crippen LogP contribution >= 0.6 is 23.2 Å². The lowest BCUT2D eigenvalue weighted by molar-refractivity contribution is -0.144. The smallest absolute Gasteiger partial charge is 0.344 e. The van der Waals surface area contributed by atoms with Gasteiger partial charge in [-0.05, 0) is 55.5 Å². The van der Waals surface area contributed by atoms with Crippen LogP contribution in [0.3, 0.4) is 0 Å². The molecule has 5 nitrogen and oxygen atoms in total. The molecule has 2 aromatic carbocycles. The second-order valence-corrected chi connectivity index (χ2v) is 6.13. The van der Waals surface area contributed by atoms with Crippen molar-refractivity contribution in [2.45, 2.75) is 13.0 Å². The predicted octanol–water partition coefficient (Wildman–Crippen LogP) is 5.19. The van der Waals surface area contributed by atoms with Gasteiger partial charge < -0.3 is 14.6 Å². The van der Waals surface area contributed by atoms with Gasteiger partial charge in [0.25, 0.3) is 0 Å². The first-order valence-electron chi connectivity index (χ1n) is 7.35. The zero-order chi connectivity index (χ0) is 18.0. The van der Waals surface area contributed by atoms with Gasteiger partial charge in [0.2, 0.25) is 5.88 Å². The number of carbonyl (C=O) groups is 1. The van der Waals surface area contributed by atoms with Crippen molar-refractivity contribution in [2.24, 2.45) is 0 Å². The molecule has 1 N–H and O–H groups in total. The van der Waals surface area contributed by atoms with E-state index in [0.717, 1.165) is 5.39 Å². The molecule has 0 saturated carbocycles. The summed E-state index contributed by atoms with van der Waals surface area (Å²) < 4.78 is 11.0. The quantitative estimate of drug-likeness (QED) is 0.662. The standard InChI is InChI=1S/C18H13Cl2NO4/c1-10(18(22)23)24-13-3-5-14(6-4-13)25-17-15(20)9-11-8-12(19)2-7-16(11)21-17/h2-10H,1H3,(H,22,23). The van der Waals surface area contributed by atoms with Crippen molar-refractivity contribution in [3.8, 4) is 17.4 Å². The van der Waals surface area contributed by atoms with Gasteiger partial charge in [-0.25, -0.2) is 9.78 Å². The Hall–Kier alpha value is -2.50. The highest BCUT2D eigenvalue weighted by atomic mass is 35.5. The van der Waals surface area contributed by atoms with Crippen LogP contribution in [0.15, 0.2) is 48.5 Å². The topological polar surface area (TPSA) is 68.7 Å². The van der Waals surface area contributed by atoms with Crippen LogP contribution in [0.2, 0.25) is 10.0 Å². The minimum Gasteiger partial charge on any atom is -0.479 e. The van der Waals surface area contributed by atoms with Gasteiger partial charge in [-0.3, -0.25) is 0 Å². The normalized spacial score (nSPS) is 12.0. The van der Waals surface area contributed by atoms with E-state index in [-0.39, 0.29) is 5.88 Å². The number of nitrogens with zero attached hydrogens (tertiary/aromatic N) is 1. The van der Waals surface area contributed by atoms with Crippen LogP contribution in [-0.4, -0.2) is 22.2 Å². The van der Waals surface area contributed by atoms with Crippen LogP contribution in [0, 0.1) is 0 Å². The number of hydrogen-bond acceptors (Lipinski definition) is 4. The van der Waals surface area contributed by atoms with E-state index >= 15 is 0 Å². The van der Waals surface area contributed by atoms with Gasteiger partial charge in [-0.15, -0.1) is 0 Å². The molecule has 0 aliphatic heterocycles. The molecule has 0 bridgehead atoms. The van der Waals surface area contributed by atoms with Gasteiger partial charge in [0.05, 0.1) is 5.52 Å². The molecular weight excluding hydrogens is 365 g/mol. The maximum atomic E-state index is 10.8. The maximum Gasteiger partial charge on any atom is 0.344 e. The van der Waals surface area contributed by atoms with E-state index in [4.69, 9.17) is 37.8 Å². The van der Waals surface area contributed by atoms with Gasteiger partial charge in [0.15, 0.2) is 6.10 Å². The molecule has 0 spiro atoms. The molecule has 3 aromatic rings. The van der Waals surface area contributed by atoms with E-state index in [1.165, 1.54) is 6.92 Å². The number of benzene rings is 2. The van der Waals surface area contributed by atoms with Crippen molar-refractivity contribution in [1.29, 1.82) is 0 Å². The number of rotatable bonds is 5. The highest BCUT2D eigenvalue weighted by Crippen LogP contribution is 2.32. The van der Waals surface area contributed by atoms with E-state index < -0.39 is 12.1 Å². The van der Waals surface area contributed by atoms with Crippen LogP contribution < -0.4 is 9.47 Å². The fourth-order valence-electron chi connectivity index (χ4n) is 2.13. The third-order valence-corrected chi connectivity index (χ3v) is 3.90. The predicted molar refractivity (Wildman–Crippen MR) is 96.0 cm³/mol. The molecule has 0 radical (unpaired) electrons. The fourth-order valence-corrected chi connectivity index (χ4v) is 2.51. The van der Waals surface area contributed by atoms with E-state index in [9.17, 15) is 4.79 Å². The summed E-state index contributed by atoms with van der Waals surface area (Å²) in [5.41, 5.74) is 0.707. The number of aliphatic carboxylic acids is 1. The zero-order valence-corrected chi connectivity index (χ0v) is 14.6. The average molecular weight is 378 g/mol. The van der Waals surface area contributed by atoms with E-state index in [1.807, 2.05) is 0 Å². The van der Waals surface area contributed by atoms with Gasteiger partial charge >= 0.3 is 5.97 Å². The Kier molecular flexibility index (Phi) is 4.97. The van der Waals surface area contributed by atoms with Crippen molar-refractivity contribution in [3.05, 3.63) is 58.6 Å². The first-order valence-corrected chi connectivity index (χ1v) is 8.11. The van der Waals surface area contributed by atoms with Crippen molar-refractivity contribution in [3.63, 3.8) is 0 Å². The van der Waals surface area contributed by atoms with Gasteiger partial charge in [0.1, 0.15) is 16.5 Å². The first kappa shape index (κ1) is 17.3. The number of halogens is 2.